The number of methoxy groups -OCH3 is 1. The summed E-state index contributed by atoms with van der Waals surface area (Å²) in [5.41, 5.74) is 2.01. The third-order valence-electron chi connectivity index (χ3n) is 6.05. The van der Waals surface area contributed by atoms with Gasteiger partial charge in [0.1, 0.15) is 0 Å². The monoisotopic (exact) mass is 444 g/mol. The van der Waals surface area contributed by atoms with Gasteiger partial charge in [0.25, 0.3) is 0 Å². The Morgan fingerprint density at radius 3 is 1.59 bits per heavy atom. The molecular formula is C29H33O2P. The number of ether oxygens (including phenoxy) is 1. The average molecular weight is 445 g/mol. The summed E-state index contributed by atoms with van der Waals surface area (Å²) in [5.74, 6) is -0.254. The Morgan fingerprint density at radius 2 is 1.19 bits per heavy atom. The van der Waals surface area contributed by atoms with E-state index in [4.69, 9.17) is 4.74 Å². The van der Waals surface area contributed by atoms with E-state index in [1.807, 2.05) is 13.0 Å². The number of hydrogen-bond donors (Lipinski definition) is 0. The molecule has 32 heavy (non-hydrogen) atoms. The molecule has 0 amide bonds. The van der Waals surface area contributed by atoms with E-state index in [0.29, 0.717) is 5.57 Å². The van der Waals surface area contributed by atoms with Gasteiger partial charge >= 0.3 is 193 Å². The van der Waals surface area contributed by atoms with Crippen LogP contribution in [0.2, 0.25) is 0 Å². The van der Waals surface area contributed by atoms with Crippen LogP contribution in [0.25, 0.3) is 0 Å². The van der Waals surface area contributed by atoms with Crippen LogP contribution in [0.4, 0.5) is 0 Å². The molecule has 3 heteroatoms. The Labute approximate surface area is 193 Å². The molecule has 0 unspecified atom stereocenters. The molecule has 0 N–H and O–H groups in total. The molecule has 0 aliphatic heterocycles. The van der Waals surface area contributed by atoms with Crippen molar-refractivity contribution in [2.45, 2.75) is 26.7 Å². The number of rotatable bonds is 9. The number of carbonyl (C=O) groups is 1. The van der Waals surface area contributed by atoms with Gasteiger partial charge < -0.3 is 0 Å². The zero-order valence-electron chi connectivity index (χ0n) is 19.3. The van der Waals surface area contributed by atoms with Crippen LogP contribution in [-0.2, 0) is 9.53 Å². The van der Waals surface area contributed by atoms with Gasteiger partial charge in [-0.3, -0.25) is 0 Å². The third-order valence-corrected chi connectivity index (χ3v) is 10.8. The minimum absolute atomic E-state index is 0.254. The molecular weight excluding hydrogens is 411 g/mol. The van der Waals surface area contributed by atoms with Crippen molar-refractivity contribution in [1.29, 1.82) is 0 Å². The molecule has 0 radical (unpaired) electrons. The SMILES string of the molecule is COC(=O)/C(C)=C/CC/C(C)=C/C[PH](c1ccccc1)(c1ccccc1)c1ccccc1. The molecule has 0 heterocycles. The van der Waals surface area contributed by atoms with E-state index in [1.165, 1.54) is 28.6 Å². The van der Waals surface area contributed by atoms with Crippen molar-refractivity contribution in [3.63, 3.8) is 0 Å². The van der Waals surface area contributed by atoms with Crippen LogP contribution < -0.4 is 15.9 Å². The van der Waals surface area contributed by atoms with Crippen molar-refractivity contribution in [2.75, 3.05) is 13.3 Å². The number of allylic oxidation sites excluding steroid dienone is 3. The molecule has 0 atom stereocenters. The van der Waals surface area contributed by atoms with Gasteiger partial charge in [-0.05, 0) is 0 Å². The minimum atomic E-state index is -2.24. The molecule has 0 bridgehead atoms. The Kier molecular flexibility index (Phi) is 8.59. The van der Waals surface area contributed by atoms with E-state index in [-0.39, 0.29) is 5.97 Å². The second-order valence-corrected chi connectivity index (χ2v) is 12.1. The molecule has 0 aliphatic carbocycles. The fraction of sp³-hybridized carbons (Fsp3) is 0.207. The number of hydrogen-bond acceptors (Lipinski definition) is 2. The van der Waals surface area contributed by atoms with Gasteiger partial charge in [0.2, 0.25) is 0 Å². The summed E-state index contributed by atoms with van der Waals surface area (Å²) in [6.45, 7) is 4.00. The first kappa shape index (κ1) is 23.7. The van der Waals surface area contributed by atoms with E-state index in [1.54, 1.807) is 0 Å². The van der Waals surface area contributed by atoms with Crippen LogP contribution in [0.1, 0.15) is 26.7 Å². The summed E-state index contributed by atoms with van der Waals surface area (Å²) >= 11 is 0. The summed E-state index contributed by atoms with van der Waals surface area (Å²) in [5, 5.41) is 4.26. The van der Waals surface area contributed by atoms with E-state index in [0.717, 1.165) is 19.0 Å². The van der Waals surface area contributed by atoms with Crippen LogP contribution in [0.15, 0.2) is 114 Å². The molecule has 0 spiro atoms. The van der Waals surface area contributed by atoms with Crippen LogP contribution in [0, 0.1) is 0 Å². The Hall–Kier alpha value is -2.96. The van der Waals surface area contributed by atoms with Crippen molar-refractivity contribution >= 4 is 29.1 Å². The second kappa shape index (κ2) is 11.6. The number of carbonyl (C=O) groups excluding carboxylic acids is 1. The van der Waals surface area contributed by atoms with Crippen molar-refractivity contribution in [2.24, 2.45) is 0 Å². The van der Waals surface area contributed by atoms with E-state index in [2.05, 4.69) is 104 Å². The predicted octanol–water partition coefficient (Wildman–Crippen LogP) is 5.56. The van der Waals surface area contributed by atoms with Crippen molar-refractivity contribution in [3.8, 4) is 0 Å². The molecule has 0 fully saturated rings. The summed E-state index contributed by atoms with van der Waals surface area (Å²) in [7, 11) is -0.815. The first-order valence-electron chi connectivity index (χ1n) is 11.1. The molecule has 3 aromatic carbocycles. The normalized spacial score (nSPS) is 13.0. The summed E-state index contributed by atoms with van der Waals surface area (Å²) in [6, 6.07) is 32.9. The topological polar surface area (TPSA) is 26.3 Å². The fourth-order valence-electron chi connectivity index (χ4n) is 4.21. The zero-order chi connectivity index (χ0) is 22.8. The van der Waals surface area contributed by atoms with Gasteiger partial charge in [-0.25, -0.2) is 0 Å². The van der Waals surface area contributed by atoms with E-state index < -0.39 is 7.26 Å². The molecule has 166 valence electrons. The van der Waals surface area contributed by atoms with Gasteiger partial charge in [-0.15, -0.1) is 0 Å². The van der Waals surface area contributed by atoms with Crippen LogP contribution >= 0.6 is 7.26 Å². The second-order valence-electron chi connectivity index (χ2n) is 8.18. The van der Waals surface area contributed by atoms with Crippen LogP contribution in [0.5, 0.6) is 0 Å². The number of esters is 1. The average Bonchev–Trinajstić information content (AvgIpc) is 2.86. The molecule has 2 nitrogen and oxygen atoms in total. The van der Waals surface area contributed by atoms with Gasteiger partial charge in [-0.1, -0.05) is 0 Å². The number of benzene rings is 3. The molecule has 3 rings (SSSR count). The quantitative estimate of drug-likeness (QED) is 0.187. The van der Waals surface area contributed by atoms with E-state index in [9.17, 15) is 4.79 Å². The van der Waals surface area contributed by atoms with Gasteiger partial charge in [-0.2, -0.15) is 0 Å². The van der Waals surface area contributed by atoms with Crippen molar-refractivity contribution < 1.29 is 9.53 Å². The molecule has 0 aromatic heterocycles. The third kappa shape index (κ3) is 5.64. The zero-order valence-corrected chi connectivity index (χ0v) is 20.3. The molecule has 0 aliphatic rings. The van der Waals surface area contributed by atoms with Crippen molar-refractivity contribution in [3.05, 3.63) is 114 Å². The molecule has 0 saturated heterocycles. The fourth-order valence-corrected chi connectivity index (χ4v) is 8.86. The predicted molar refractivity (Wildman–Crippen MR) is 140 cm³/mol. The van der Waals surface area contributed by atoms with Crippen LogP contribution in [-0.4, -0.2) is 19.2 Å². The summed E-state index contributed by atoms with van der Waals surface area (Å²) in [4.78, 5) is 11.6. The Morgan fingerprint density at radius 1 is 0.750 bits per heavy atom. The van der Waals surface area contributed by atoms with Gasteiger partial charge in [0, 0.05) is 0 Å². The maximum absolute atomic E-state index is 11.6. The Bertz CT molecular complexity index is 957. The summed E-state index contributed by atoms with van der Waals surface area (Å²) in [6.07, 6.45) is 7.15. The first-order chi connectivity index (χ1) is 15.6. The van der Waals surface area contributed by atoms with Gasteiger partial charge in [0.15, 0.2) is 0 Å². The maximum atomic E-state index is 11.6. The molecule has 0 saturated carbocycles. The summed E-state index contributed by atoms with van der Waals surface area (Å²) < 4.78 is 4.79. The van der Waals surface area contributed by atoms with Gasteiger partial charge in [0.05, 0.1) is 0 Å². The van der Waals surface area contributed by atoms with E-state index >= 15 is 0 Å². The van der Waals surface area contributed by atoms with Crippen molar-refractivity contribution in [1.82, 2.24) is 0 Å². The standard InChI is InChI=1S/C29H33O2P/c1-24(14-13-15-25(2)29(30)31-3)22-23-32(26-16-7-4-8-17-26,27-18-9-5-10-19-27)28-20-11-6-12-21-28/h4-12,15-22,32H,13-14,23H2,1-3H3/b24-22+,25-15+. The molecule has 3 aromatic rings. The Balaban J connectivity index is 1.98. The van der Waals surface area contributed by atoms with Crippen LogP contribution in [0.3, 0.4) is 0 Å². The first-order valence-corrected chi connectivity index (χ1v) is 13.4.